The van der Waals surface area contributed by atoms with Crippen LogP contribution in [-0.4, -0.2) is 16.8 Å². The molecule has 0 unspecified atom stereocenters. The third-order valence-electron chi connectivity index (χ3n) is 0.672. The van der Waals surface area contributed by atoms with Crippen molar-refractivity contribution in [3.05, 3.63) is 0 Å². The predicted octanol–water partition coefficient (Wildman–Crippen LogP) is -2.74. The Balaban J connectivity index is 0. The molecule has 0 aromatic heterocycles. The van der Waals surface area contributed by atoms with Gasteiger partial charge in [0, 0.05) is 5.92 Å². The Labute approximate surface area is 66.2 Å². The maximum Gasteiger partial charge on any atom is 1.00 e. The summed E-state index contributed by atoms with van der Waals surface area (Å²) in [7, 11) is 0. The monoisotopic (exact) mass is 126 g/mol. The first-order chi connectivity index (χ1) is 3.18. The van der Waals surface area contributed by atoms with Crippen LogP contribution in [0.25, 0.3) is 0 Å². The summed E-state index contributed by atoms with van der Waals surface area (Å²) in [4.78, 5) is 9.86. The molecule has 0 spiro atoms. The van der Waals surface area contributed by atoms with Crippen molar-refractivity contribution in [2.45, 2.75) is 6.92 Å². The first-order valence-electron chi connectivity index (χ1n) is 1.99. The molecule has 0 amide bonds. The summed E-state index contributed by atoms with van der Waals surface area (Å²) in [6, 6.07) is 0. The van der Waals surface area contributed by atoms with Crippen molar-refractivity contribution in [1.29, 1.82) is 0 Å². The molecule has 0 saturated heterocycles. The maximum absolute atomic E-state index is 9.86. The van der Waals surface area contributed by atoms with Gasteiger partial charge in [-0.1, -0.05) is 6.92 Å². The normalized spacial score (nSPS) is 11.8. The van der Waals surface area contributed by atoms with Crippen molar-refractivity contribution in [1.82, 2.24) is 0 Å². The smallest absolute Gasteiger partial charge is 0.792 e. The van der Waals surface area contributed by atoms with E-state index < -0.39 is 5.97 Å². The number of hydrogen-bond donors (Lipinski definition) is 1. The van der Waals surface area contributed by atoms with E-state index >= 15 is 0 Å². The van der Waals surface area contributed by atoms with E-state index in [0.29, 0.717) is 5.75 Å². The molecule has 1 N–H and O–H groups in total. The van der Waals surface area contributed by atoms with Crippen molar-refractivity contribution in [3.63, 3.8) is 0 Å². The fourth-order valence-electron chi connectivity index (χ4n) is 0.0713. The number of carboxylic acid groups (broad SMARTS) is 1. The Morgan fingerprint density at radius 3 is 2.25 bits per heavy atom. The van der Waals surface area contributed by atoms with Crippen LogP contribution in [0.1, 0.15) is 6.92 Å². The molecule has 42 valence electrons. The molecule has 0 aliphatic rings. The van der Waals surface area contributed by atoms with E-state index in [4.69, 9.17) is 5.11 Å². The van der Waals surface area contributed by atoms with E-state index in [9.17, 15) is 4.79 Å². The second-order valence-electron chi connectivity index (χ2n) is 1.41. The van der Waals surface area contributed by atoms with Crippen LogP contribution in [-0.2, 0) is 17.4 Å². The van der Waals surface area contributed by atoms with Gasteiger partial charge >= 0.3 is 24.8 Å². The van der Waals surface area contributed by atoms with Crippen LogP contribution in [0.15, 0.2) is 0 Å². The summed E-state index contributed by atoms with van der Waals surface area (Å²) in [5.74, 6) is -0.875. The second-order valence-corrected chi connectivity index (χ2v) is 1.74. The van der Waals surface area contributed by atoms with Gasteiger partial charge in [-0.15, -0.1) is 0 Å². The molecule has 1 atom stereocenters. The van der Waals surface area contributed by atoms with Gasteiger partial charge in [0.05, 0.1) is 0 Å². The van der Waals surface area contributed by atoms with E-state index in [2.05, 4.69) is 12.6 Å². The van der Waals surface area contributed by atoms with Crippen LogP contribution in [0, 0.1) is 5.92 Å². The van der Waals surface area contributed by atoms with Crippen molar-refractivity contribution in [2.24, 2.45) is 5.92 Å². The minimum atomic E-state index is -0.810. The number of rotatable bonds is 2. The van der Waals surface area contributed by atoms with Gasteiger partial charge in [0.15, 0.2) is 0 Å². The van der Waals surface area contributed by atoms with Gasteiger partial charge in [-0.05, 0) is 0 Å². The molecule has 0 aromatic carbocycles. The molecule has 0 fully saturated rings. The average molecular weight is 126 g/mol. The number of hydrogen-bond acceptors (Lipinski definition) is 2. The van der Waals surface area contributed by atoms with Crippen LogP contribution in [0.4, 0.5) is 0 Å². The molecular weight excluding hydrogens is 119 g/mol. The van der Waals surface area contributed by atoms with Gasteiger partial charge in [0.2, 0.25) is 0 Å². The maximum atomic E-state index is 9.86. The van der Waals surface area contributed by atoms with Gasteiger partial charge in [-0.2, -0.15) is 5.75 Å². The molecule has 0 bridgehead atoms. The molecule has 4 heteroatoms. The zero-order chi connectivity index (χ0) is 5.86. The van der Waals surface area contributed by atoms with E-state index in [1.165, 1.54) is 0 Å². The minimum absolute atomic E-state index is 0. The zero-order valence-electron chi connectivity index (χ0n) is 5.05. The average Bonchev–Trinajstić information content (AvgIpc) is 1.65. The first-order valence-corrected chi connectivity index (χ1v) is 2.57. The molecule has 0 radical (unpaired) electrons. The number of aliphatic carboxylic acids is 1. The van der Waals surface area contributed by atoms with Gasteiger partial charge in [0.25, 0.3) is 0 Å². The van der Waals surface area contributed by atoms with Crippen LogP contribution < -0.4 is 18.9 Å². The quantitative estimate of drug-likeness (QED) is 0.322. The Hall–Kier alpha value is 0.417. The van der Waals surface area contributed by atoms with Crippen molar-refractivity contribution >= 4 is 18.6 Å². The van der Waals surface area contributed by atoms with E-state index in [1.807, 2.05) is 0 Å². The van der Waals surface area contributed by atoms with Crippen molar-refractivity contribution in [2.75, 3.05) is 5.75 Å². The van der Waals surface area contributed by atoms with Crippen LogP contribution in [0.5, 0.6) is 0 Å². The van der Waals surface area contributed by atoms with Crippen LogP contribution in [0.3, 0.4) is 0 Å². The Bertz CT molecular complexity index is 76.4. The molecular formula is C4H7LiO2S. The summed E-state index contributed by atoms with van der Waals surface area (Å²) in [5, 5.41) is 8.12. The summed E-state index contributed by atoms with van der Waals surface area (Å²) in [6.45, 7) is 1.59. The van der Waals surface area contributed by atoms with E-state index in [0.717, 1.165) is 0 Å². The number of carboxylic acids is 1. The van der Waals surface area contributed by atoms with Crippen molar-refractivity contribution < 1.29 is 28.8 Å². The standard InChI is InChI=1S/C4H8O2S.Li/c1-3(2-7)4(5)6;/h3,7H,2H2,1H3,(H,5,6);/q;+1/p-1/t3-;/m1./s1. The van der Waals surface area contributed by atoms with Crippen LogP contribution in [0.2, 0.25) is 0 Å². The molecule has 0 aliphatic heterocycles. The van der Waals surface area contributed by atoms with Crippen molar-refractivity contribution in [3.8, 4) is 0 Å². The van der Waals surface area contributed by atoms with E-state index in [1.54, 1.807) is 6.92 Å². The first kappa shape index (κ1) is 11.2. The summed E-state index contributed by atoms with van der Waals surface area (Å²) >= 11 is 4.47. The molecule has 0 heterocycles. The Kier molecular flexibility index (Phi) is 7.80. The molecule has 0 aromatic rings. The third kappa shape index (κ3) is 4.57. The SMILES string of the molecule is C[C@H](C[S-])C(=O)O.[Li+]. The van der Waals surface area contributed by atoms with Gasteiger partial charge in [0.1, 0.15) is 0 Å². The molecule has 0 rings (SSSR count). The minimum Gasteiger partial charge on any atom is -0.792 e. The van der Waals surface area contributed by atoms with Gasteiger partial charge < -0.3 is 17.7 Å². The molecule has 8 heavy (non-hydrogen) atoms. The predicted molar refractivity (Wildman–Crippen MR) is 29.0 cm³/mol. The number of carbonyl (C=O) groups is 1. The second kappa shape index (κ2) is 5.55. The topological polar surface area (TPSA) is 37.3 Å². The summed E-state index contributed by atoms with van der Waals surface area (Å²) in [5.41, 5.74) is 0. The fourth-order valence-corrected chi connectivity index (χ4v) is 0.214. The van der Waals surface area contributed by atoms with Gasteiger partial charge in [-0.25, -0.2) is 0 Å². The fraction of sp³-hybridized carbons (Fsp3) is 0.750. The molecule has 2 nitrogen and oxygen atoms in total. The Morgan fingerprint density at radius 1 is 1.88 bits per heavy atom. The summed E-state index contributed by atoms with van der Waals surface area (Å²) in [6.07, 6.45) is 0. The molecule has 0 aliphatic carbocycles. The van der Waals surface area contributed by atoms with Crippen LogP contribution >= 0.6 is 0 Å². The van der Waals surface area contributed by atoms with E-state index in [-0.39, 0.29) is 24.8 Å². The third-order valence-corrected chi connectivity index (χ3v) is 1.17. The van der Waals surface area contributed by atoms with Gasteiger partial charge in [-0.3, -0.25) is 4.79 Å². The molecule has 0 saturated carbocycles. The largest absolute Gasteiger partial charge is 1.00 e. The summed E-state index contributed by atoms with van der Waals surface area (Å²) < 4.78 is 0. The zero-order valence-corrected chi connectivity index (χ0v) is 5.86. The Morgan fingerprint density at radius 2 is 2.25 bits per heavy atom.